The van der Waals surface area contributed by atoms with Crippen molar-refractivity contribution in [1.82, 2.24) is 0 Å². The Hall–Kier alpha value is -2.27. The third-order valence-electron chi connectivity index (χ3n) is 4.20. The van der Waals surface area contributed by atoms with Crippen LogP contribution in [0, 0.1) is 0 Å². The van der Waals surface area contributed by atoms with E-state index in [1.165, 1.54) is 0 Å². The maximum absolute atomic E-state index is 12.5. The van der Waals surface area contributed by atoms with Crippen molar-refractivity contribution < 1.29 is 27.9 Å². The van der Waals surface area contributed by atoms with Crippen LogP contribution in [-0.2, 0) is 18.3 Å². The number of esters is 2. The zero-order valence-electron chi connectivity index (χ0n) is 19.8. The van der Waals surface area contributed by atoms with Crippen molar-refractivity contribution >= 4 is 28.6 Å². The Balaban J connectivity index is 2.16. The first-order chi connectivity index (χ1) is 14.9. The second-order valence-electron chi connectivity index (χ2n) is 9.47. The minimum absolute atomic E-state index is 0.00995. The number of rotatable bonds is 11. The minimum atomic E-state index is -2.03. The van der Waals surface area contributed by atoms with Gasteiger partial charge in [-0.05, 0) is 63.5 Å². The first kappa shape index (κ1) is 26.0. The van der Waals surface area contributed by atoms with Gasteiger partial charge < -0.3 is 18.3 Å². The van der Waals surface area contributed by atoms with Crippen molar-refractivity contribution in [3.8, 4) is 0 Å². The average molecular weight is 475 g/mol. The molecule has 32 heavy (non-hydrogen) atoms. The summed E-state index contributed by atoms with van der Waals surface area (Å²) in [4.78, 5) is 25.0. The molecule has 2 rings (SSSR count). The predicted molar refractivity (Wildman–Crippen MR) is 130 cm³/mol. The maximum Gasteiger partial charge on any atom is 0.338 e. The fraction of sp³-hybridized carbons (Fsp3) is 0.417. The molecule has 174 valence electrons. The summed E-state index contributed by atoms with van der Waals surface area (Å²) in [5.41, 5.74) is 0.940. The monoisotopic (exact) mass is 474 g/mol. The van der Waals surface area contributed by atoms with Gasteiger partial charge in [0.25, 0.3) is 0 Å². The Kier molecular flexibility index (Phi) is 9.38. The molecule has 0 aromatic heterocycles. The molecular weight excluding hydrogens is 440 g/mol. The third kappa shape index (κ3) is 9.48. The molecule has 0 heterocycles. The van der Waals surface area contributed by atoms with Crippen LogP contribution in [-0.4, -0.2) is 54.0 Å². The molecule has 0 spiro atoms. The summed E-state index contributed by atoms with van der Waals surface area (Å²) in [5.74, 6) is -0.856. The Morgan fingerprint density at radius 3 is 1.22 bits per heavy atom. The summed E-state index contributed by atoms with van der Waals surface area (Å²) in [7, 11) is -4.05. The molecule has 0 amide bonds. The van der Waals surface area contributed by atoms with Crippen LogP contribution in [0.3, 0.4) is 0 Å². The quantitative estimate of drug-likeness (QED) is 0.332. The van der Waals surface area contributed by atoms with Gasteiger partial charge in [-0.15, -0.1) is 0 Å². The zero-order chi connectivity index (χ0) is 23.8. The molecular formula is C24H34O6Si2. The van der Waals surface area contributed by atoms with Gasteiger partial charge in [0.1, 0.15) is 25.4 Å². The fourth-order valence-corrected chi connectivity index (χ4v) is 5.23. The Morgan fingerprint density at radius 1 is 0.625 bits per heavy atom. The lowest BCUT2D eigenvalue weighted by Crippen LogP contribution is -2.49. The van der Waals surface area contributed by atoms with Crippen LogP contribution in [0.25, 0.3) is 0 Å². The maximum atomic E-state index is 12.5. The summed E-state index contributed by atoms with van der Waals surface area (Å²) in [6, 6.07) is 17.6. The van der Waals surface area contributed by atoms with E-state index in [-0.39, 0.29) is 13.2 Å². The molecule has 0 fully saturated rings. The molecule has 2 aromatic rings. The van der Waals surface area contributed by atoms with Gasteiger partial charge in [0.15, 0.2) is 16.6 Å². The number of benzene rings is 2. The standard InChI is InChI=1S/C24H34O6Si2/c1-31(2,3)29-21(17-27-23(25)19-13-9-7-10-14-19)22(30-32(4,5)6)18-28-24(26)20-15-11-8-12-16-20/h7-16,21-22H,17-18H2,1-6H3/t21-,22-/m1/s1. The SMILES string of the molecule is C[Si](C)(C)O[C@H](COC(=O)c1ccccc1)[C@@H](COC(=O)c1ccccc1)O[Si](C)(C)C. The lowest BCUT2D eigenvalue weighted by Gasteiger charge is -2.35. The van der Waals surface area contributed by atoms with Gasteiger partial charge in [0.2, 0.25) is 0 Å². The normalized spacial score (nSPS) is 13.8. The lowest BCUT2D eigenvalue weighted by atomic mass is 10.2. The molecule has 0 radical (unpaired) electrons. The Labute approximate surface area is 193 Å². The second kappa shape index (κ2) is 11.6. The van der Waals surface area contributed by atoms with Gasteiger partial charge in [0, 0.05) is 0 Å². The lowest BCUT2D eigenvalue weighted by molar-refractivity contribution is -0.0381. The second-order valence-corrected chi connectivity index (χ2v) is 18.4. The van der Waals surface area contributed by atoms with Crippen LogP contribution < -0.4 is 0 Å². The highest BCUT2D eigenvalue weighted by Crippen LogP contribution is 2.19. The van der Waals surface area contributed by atoms with Crippen molar-refractivity contribution in [2.75, 3.05) is 13.2 Å². The van der Waals surface area contributed by atoms with Gasteiger partial charge in [-0.25, -0.2) is 9.59 Å². The summed E-state index contributed by atoms with van der Waals surface area (Å²) in [5, 5.41) is 0. The molecule has 0 N–H and O–H groups in total. The molecule has 0 unspecified atom stereocenters. The van der Waals surface area contributed by atoms with Gasteiger partial charge in [-0.3, -0.25) is 0 Å². The fourth-order valence-electron chi connectivity index (χ4n) is 2.97. The van der Waals surface area contributed by atoms with Crippen molar-refractivity contribution in [3.63, 3.8) is 0 Å². The van der Waals surface area contributed by atoms with Crippen LogP contribution in [0.15, 0.2) is 60.7 Å². The molecule has 8 heteroatoms. The third-order valence-corrected chi connectivity index (χ3v) is 6.22. The molecule has 0 aliphatic heterocycles. The summed E-state index contributed by atoms with van der Waals surface area (Å²) >= 11 is 0. The van der Waals surface area contributed by atoms with Crippen molar-refractivity contribution in [3.05, 3.63) is 71.8 Å². The average Bonchev–Trinajstić information content (AvgIpc) is 2.73. The van der Waals surface area contributed by atoms with Crippen molar-refractivity contribution in [2.24, 2.45) is 0 Å². The highest BCUT2D eigenvalue weighted by molar-refractivity contribution is 6.70. The van der Waals surface area contributed by atoms with E-state index >= 15 is 0 Å². The zero-order valence-corrected chi connectivity index (χ0v) is 21.8. The molecule has 2 atom stereocenters. The smallest absolute Gasteiger partial charge is 0.338 e. The number of carbonyl (C=O) groups excluding carboxylic acids is 2. The van der Waals surface area contributed by atoms with Gasteiger partial charge >= 0.3 is 11.9 Å². The van der Waals surface area contributed by atoms with Gasteiger partial charge in [-0.1, -0.05) is 36.4 Å². The van der Waals surface area contributed by atoms with E-state index in [9.17, 15) is 9.59 Å². The predicted octanol–water partition coefficient (Wildman–Crippen LogP) is 5.14. The first-order valence-electron chi connectivity index (χ1n) is 10.7. The van der Waals surface area contributed by atoms with Crippen molar-refractivity contribution in [1.29, 1.82) is 0 Å². The molecule has 0 saturated heterocycles. The molecule has 0 aliphatic rings. The van der Waals surface area contributed by atoms with E-state index in [1.54, 1.807) is 48.5 Å². The number of hydrogen-bond donors (Lipinski definition) is 0. The summed E-state index contributed by atoms with van der Waals surface area (Å²) < 4.78 is 23.8. The van der Waals surface area contributed by atoms with Gasteiger partial charge in [0.05, 0.1) is 11.1 Å². The molecule has 6 nitrogen and oxygen atoms in total. The number of hydrogen-bond acceptors (Lipinski definition) is 6. The first-order valence-corrected chi connectivity index (χ1v) is 17.6. The van der Waals surface area contributed by atoms with E-state index in [0.29, 0.717) is 11.1 Å². The topological polar surface area (TPSA) is 71.1 Å². The molecule has 0 aliphatic carbocycles. The molecule has 0 bridgehead atoms. The van der Waals surface area contributed by atoms with Gasteiger partial charge in [-0.2, -0.15) is 0 Å². The minimum Gasteiger partial charge on any atom is -0.459 e. The van der Waals surface area contributed by atoms with Crippen LogP contribution in [0.5, 0.6) is 0 Å². The summed E-state index contributed by atoms with van der Waals surface area (Å²) in [6.07, 6.45) is -1.10. The van der Waals surface area contributed by atoms with E-state index in [0.717, 1.165) is 0 Å². The highest BCUT2D eigenvalue weighted by atomic mass is 28.4. The molecule has 0 saturated carbocycles. The van der Waals surface area contributed by atoms with Crippen LogP contribution in [0.4, 0.5) is 0 Å². The Bertz CT molecular complexity index is 786. The number of ether oxygens (including phenoxy) is 2. The van der Waals surface area contributed by atoms with Crippen molar-refractivity contribution in [2.45, 2.75) is 51.5 Å². The summed E-state index contributed by atoms with van der Waals surface area (Å²) in [6.45, 7) is 12.4. The van der Waals surface area contributed by atoms with Crippen LogP contribution >= 0.6 is 0 Å². The van der Waals surface area contributed by atoms with Crippen LogP contribution in [0.1, 0.15) is 20.7 Å². The van der Waals surface area contributed by atoms with E-state index in [2.05, 4.69) is 39.3 Å². The highest BCUT2D eigenvalue weighted by Gasteiger charge is 2.34. The largest absolute Gasteiger partial charge is 0.459 e. The van der Waals surface area contributed by atoms with E-state index < -0.39 is 40.8 Å². The van der Waals surface area contributed by atoms with E-state index in [1.807, 2.05) is 12.1 Å². The molecule has 2 aromatic carbocycles. The van der Waals surface area contributed by atoms with E-state index in [4.69, 9.17) is 18.3 Å². The number of carbonyl (C=O) groups is 2. The Morgan fingerprint density at radius 2 is 0.938 bits per heavy atom. The van der Waals surface area contributed by atoms with Crippen LogP contribution in [0.2, 0.25) is 39.3 Å².